The SMILES string of the molecule is O=CO.Oc1ccc(/C=C/PF)cc1. The molecule has 2 N–H and O–H groups in total. The van der Waals surface area contributed by atoms with Crippen LogP contribution in [0.15, 0.2) is 30.1 Å². The topological polar surface area (TPSA) is 57.5 Å². The van der Waals surface area contributed by atoms with Crippen molar-refractivity contribution in [3.63, 3.8) is 0 Å². The molecule has 0 bridgehead atoms. The second-order valence-corrected chi connectivity index (χ2v) is 2.69. The van der Waals surface area contributed by atoms with E-state index in [1.54, 1.807) is 30.3 Å². The van der Waals surface area contributed by atoms with Crippen molar-refractivity contribution in [1.82, 2.24) is 0 Å². The van der Waals surface area contributed by atoms with E-state index in [9.17, 15) is 4.20 Å². The highest BCUT2D eigenvalue weighted by Crippen LogP contribution is 2.16. The minimum Gasteiger partial charge on any atom is -0.508 e. The summed E-state index contributed by atoms with van der Waals surface area (Å²) in [4.78, 5) is 8.36. The Balaban J connectivity index is 0.000000500. The van der Waals surface area contributed by atoms with E-state index < -0.39 is 8.89 Å². The summed E-state index contributed by atoms with van der Waals surface area (Å²) < 4.78 is 11.6. The van der Waals surface area contributed by atoms with Gasteiger partial charge in [-0.3, -0.25) is 4.79 Å². The maximum atomic E-state index is 11.6. The zero-order chi connectivity index (χ0) is 10.8. The lowest BCUT2D eigenvalue weighted by molar-refractivity contribution is -0.122. The van der Waals surface area contributed by atoms with Crippen molar-refractivity contribution in [3.8, 4) is 5.75 Å². The summed E-state index contributed by atoms with van der Waals surface area (Å²) in [5.74, 6) is 1.68. The largest absolute Gasteiger partial charge is 0.508 e. The molecule has 14 heavy (non-hydrogen) atoms. The Hall–Kier alpha value is -1.41. The molecule has 3 nitrogen and oxygen atoms in total. The summed E-state index contributed by atoms with van der Waals surface area (Å²) in [6.07, 6.45) is 1.68. The monoisotopic (exact) mass is 216 g/mol. The zero-order valence-corrected chi connectivity index (χ0v) is 8.22. The molecular weight excluding hydrogens is 206 g/mol. The lowest BCUT2D eigenvalue weighted by atomic mass is 10.2. The number of hydrogen-bond donors (Lipinski definition) is 2. The van der Waals surface area contributed by atoms with Crippen molar-refractivity contribution in [1.29, 1.82) is 0 Å². The lowest BCUT2D eigenvalue weighted by Gasteiger charge is -1.92. The van der Waals surface area contributed by atoms with E-state index in [0.29, 0.717) is 0 Å². The maximum absolute atomic E-state index is 11.6. The van der Waals surface area contributed by atoms with Crippen LogP contribution in [0.25, 0.3) is 6.08 Å². The fourth-order valence-electron chi connectivity index (χ4n) is 0.713. The first-order valence-corrected chi connectivity index (χ1v) is 4.59. The molecule has 1 atom stereocenters. The number of phenolic OH excluding ortho intramolecular Hbond substituents is 1. The Labute approximate surface area is 82.8 Å². The van der Waals surface area contributed by atoms with Crippen LogP contribution in [0, 0.1) is 0 Å². The summed E-state index contributed by atoms with van der Waals surface area (Å²) in [5.41, 5.74) is 0.896. The number of carboxylic acid groups (broad SMARTS) is 1. The molecule has 1 unspecified atom stereocenters. The minimum atomic E-state index is -0.662. The number of aromatic hydroxyl groups is 1. The minimum absolute atomic E-state index is 0.227. The zero-order valence-electron chi connectivity index (χ0n) is 7.22. The smallest absolute Gasteiger partial charge is 0.290 e. The molecule has 1 aromatic carbocycles. The van der Waals surface area contributed by atoms with E-state index in [4.69, 9.17) is 15.0 Å². The number of carbonyl (C=O) groups is 1. The molecule has 1 aromatic rings. The van der Waals surface area contributed by atoms with Gasteiger partial charge in [-0.05, 0) is 23.5 Å². The Morgan fingerprint density at radius 2 is 1.79 bits per heavy atom. The number of rotatable bonds is 2. The van der Waals surface area contributed by atoms with Gasteiger partial charge >= 0.3 is 0 Å². The average Bonchev–Trinajstić information content (AvgIpc) is 2.18. The summed E-state index contributed by atoms with van der Waals surface area (Å²) in [6.45, 7) is -0.250. The predicted molar refractivity (Wildman–Crippen MR) is 55.3 cm³/mol. The Morgan fingerprint density at radius 1 is 1.29 bits per heavy atom. The van der Waals surface area contributed by atoms with E-state index >= 15 is 0 Å². The first-order valence-electron chi connectivity index (χ1n) is 3.64. The van der Waals surface area contributed by atoms with Gasteiger partial charge in [0, 0.05) is 0 Å². The second-order valence-electron chi connectivity index (χ2n) is 2.14. The molecular formula is C9H10FO3P. The molecule has 0 aliphatic carbocycles. The third-order valence-electron chi connectivity index (χ3n) is 1.23. The van der Waals surface area contributed by atoms with Crippen molar-refractivity contribution >= 4 is 21.4 Å². The normalized spacial score (nSPS) is 10.1. The summed E-state index contributed by atoms with van der Waals surface area (Å²) in [6, 6.07) is 6.60. The first-order chi connectivity index (χ1) is 6.74. The highest BCUT2D eigenvalue weighted by Gasteiger charge is 1.86. The number of hydrogen-bond acceptors (Lipinski definition) is 2. The van der Waals surface area contributed by atoms with Crippen LogP contribution in [0.4, 0.5) is 4.20 Å². The third kappa shape index (κ3) is 6.14. The van der Waals surface area contributed by atoms with Gasteiger partial charge in [0.1, 0.15) is 5.75 Å². The van der Waals surface area contributed by atoms with Gasteiger partial charge in [0.15, 0.2) is 0 Å². The van der Waals surface area contributed by atoms with Crippen molar-refractivity contribution in [2.45, 2.75) is 0 Å². The molecule has 0 aliphatic heterocycles. The van der Waals surface area contributed by atoms with Gasteiger partial charge in [-0.15, -0.1) is 0 Å². The van der Waals surface area contributed by atoms with Crippen LogP contribution in [0.1, 0.15) is 5.56 Å². The molecule has 0 spiro atoms. The van der Waals surface area contributed by atoms with Crippen LogP contribution in [0.3, 0.4) is 0 Å². The summed E-state index contributed by atoms with van der Waals surface area (Å²) >= 11 is 0. The highest BCUT2D eigenvalue weighted by atomic mass is 31.1. The van der Waals surface area contributed by atoms with Crippen molar-refractivity contribution < 1.29 is 19.2 Å². The van der Waals surface area contributed by atoms with Gasteiger partial charge in [-0.2, -0.15) is 0 Å². The van der Waals surface area contributed by atoms with Crippen LogP contribution in [-0.2, 0) is 4.79 Å². The average molecular weight is 216 g/mol. The Bertz CT molecular complexity index is 285. The lowest BCUT2D eigenvalue weighted by Crippen LogP contribution is -1.68. The van der Waals surface area contributed by atoms with Crippen LogP contribution < -0.4 is 0 Å². The van der Waals surface area contributed by atoms with Crippen LogP contribution in [0.2, 0.25) is 0 Å². The summed E-state index contributed by atoms with van der Waals surface area (Å²) in [7, 11) is -0.662. The van der Waals surface area contributed by atoms with Crippen molar-refractivity contribution in [2.75, 3.05) is 0 Å². The maximum Gasteiger partial charge on any atom is 0.290 e. The highest BCUT2D eigenvalue weighted by molar-refractivity contribution is 7.35. The van der Waals surface area contributed by atoms with Gasteiger partial charge in [0.05, 0.1) is 8.89 Å². The number of halogens is 1. The quantitative estimate of drug-likeness (QED) is 0.590. The third-order valence-corrected chi connectivity index (χ3v) is 1.52. The molecule has 5 heteroatoms. The van der Waals surface area contributed by atoms with Crippen LogP contribution >= 0.6 is 8.89 Å². The molecule has 76 valence electrons. The van der Waals surface area contributed by atoms with Crippen LogP contribution in [0.5, 0.6) is 5.75 Å². The van der Waals surface area contributed by atoms with E-state index in [1.165, 1.54) is 5.82 Å². The van der Waals surface area contributed by atoms with Gasteiger partial charge < -0.3 is 10.2 Å². The predicted octanol–water partition coefficient (Wildman–Crippen LogP) is 2.63. The van der Waals surface area contributed by atoms with Crippen molar-refractivity contribution in [3.05, 3.63) is 35.6 Å². The van der Waals surface area contributed by atoms with E-state index in [2.05, 4.69) is 0 Å². The first kappa shape index (κ1) is 12.6. The molecule has 0 aromatic heterocycles. The number of benzene rings is 1. The molecule has 0 aliphatic rings. The van der Waals surface area contributed by atoms with E-state index in [1.807, 2.05) is 0 Å². The van der Waals surface area contributed by atoms with Gasteiger partial charge in [-0.25, -0.2) is 4.20 Å². The van der Waals surface area contributed by atoms with Gasteiger partial charge in [0.2, 0.25) is 0 Å². The van der Waals surface area contributed by atoms with Gasteiger partial charge in [0.25, 0.3) is 6.47 Å². The molecule has 1 rings (SSSR count). The fourth-order valence-corrected chi connectivity index (χ4v) is 0.969. The molecule has 0 fully saturated rings. The van der Waals surface area contributed by atoms with Crippen LogP contribution in [-0.4, -0.2) is 16.7 Å². The fraction of sp³-hybridized carbons (Fsp3) is 0. The molecule has 0 saturated heterocycles. The second kappa shape index (κ2) is 8.20. The van der Waals surface area contributed by atoms with E-state index in [0.717, 1.165) is 5.56 Å². The van der Waals surface area contributed by atoms with Gasteiger partial charge in [-0.1, -0.05) is 18.2 Å². The van der Waals surface area contributed by atoms with Crippen molar-refractivity contribution in [2.24, 2.45) is 0 Å². The molecule has 0 radical (unpaired) electrons. The molecule has 0 heterocycles. The standard InChI is InChI=1S/C8H8FOP.CH2O2/c9-11-6-5-7-1-3-8(10)4-2-7;2-1-3/h1-6,10-11H;1H,(H,2,3)/b6-5+;. The molecule has 0 amide bonds. The molecule has 0 saturated carbocycles. The van der Waals surface area contributed by atoms with E-state index in [-0.39, 0.29) is 12.2 Å². The Kier molecular flexibility index (Phi) is 7.37. The summed E-state index contributed by atoms with van der Waals surface area (Å²) in [5, 5.41) is 15.8. The Morgan fingerprint density at radius 3 is 2.21 bits per heavy atom. The number of phenols is 1.